The minimum atomic E-state index is -0.617. The third-order valence-electron chi connectivity index (χ3n) is 4.21. The van der Waals surface area contributed by atoms with Crippen molar-refractivity contribution in [1.29, 1.82) is 0 Å². The Kier molecular flexibility index (Phi) is 8.17. The van der Waals surface area contributed by atoms with Gasteiger partial charge in [-0.05, 0) is 44.4 Å². The zero-order chi connectivity index (χ0) is 20.5. The number of nitrogens with one attached hydrogen (secondary N) is 2. The summed E-state index contributed by atoms with van der Waals surface area (Å²) in [5.41, 5.74) is 1.76. The zero-order valence-corrected chi connectivity index (χ0v) is 17.1. The molecule has 2 amide bonds. The first kappa shape index (κ1) is 21.6. The molecule has 0 saturated carbocycles. The van der Waals surface area contributed by atoms with E-state index in [-0.39, 0.29) is 12.6 Å². The van der Waals surface area contributed by atoms with Crippen LogP contribution in [0.3, 0.4) is 0 Å². The Hall–Kier alpha value is -2.70. The van der Waals surface area contributed by atoms with Gasteiger partial charge in [0.1, 0.15) is 0 Å². The standard InChI is InChI=1S/C21H30N2O5/c1-5-9-15-18(20(24)27-8-4)19(23-21(25)22-15)14-10-11-16(28-12-6-2)17(13-14)26-7-3/h10-11,13,19H,5-9,12H2,1-4H3,(H2,22,23,25). The first-order valence-electron chi connectivity index (χ1n) is 9.92. The van der Waals surface area contributed by atoms with Crippen LogP contribution in [-0.2, 0) is 9.53 Å². The summed E-state index contributed by atoms with van der Waals surface area (Å²) in [6.45, 7) is 9.00. The molecule has 1 aliphatic heterocycles. The second-order valence-corrected chi connectivity index (χ2v) is 6.38. The quantitative estimate of drug-likeness (QED) is 0.593. The molecule has 1 aromatic carbocycles. The molecule has 28 heavy (non-hydrogen) atoms. The van der Waals surface area contributed by atoms with Crippen molar-refractivity contribution in [3.8, 4) is 11.5 Å². The lowest BCUT2D eigenvalue weighted by atomic mass is 9.93. The Balaban J connectivity index is 2.48. The van der Waals surface area contributed by atoms with Gasteiger partial charge in [-0.3, -0.25) is 0 Å². The summed E-state index contributed by atoms with van der Waals surface area (Å²) < 4.78 is 16.7. The Morgan fingerprint density at radius 1 is 1.04 bits per heavy atom. The molecule has 0 radical (unpaired) electrons. The van der Waals surface area contributed by atoms with Gasteiger partial charge in [0, 0.05) is 5.70 Å². The van der Waals surface area contributed by atoms with Crippen LogP contribution in [-0.4, -0.2) is 31.8 Å². The number of hydrogen-bond donors (Lipinski definition) is 2. The number of benzene rings is 1. The summed E-state index contributed by atoms with van der Waals surface area (Å²) in [7, 11) is 0. The Morgan fingerprint density at radius 3 is 2.46 bits per heavy atom. The van der Waals surface area contributed by atoms with Gasteiger partial charge in [-0.1, -0.05) is 26.3 Å². The summed E-state index contributed by atoms with van der Waals surface area (Å²) in [5, 5.41) is 5.60. The van der Waals surface area contributed by atoms with E-state index in [1.807, 2.05) is 39.0 Å². The van der Waals surface area contributed by atoms with Crippen LogP contribution in [0.15, 0.2) is 29.5 Å². The van der Waals surface area contributed by atoms with Gasteiger partial charge in [-0.2, -0.15) is 0 Å². The molecule has 1 unspecified atom stereocenters. The first-order valence-corrected chi connectivity index (χ1v) is 9.92. The van der Waals surface area contributed by atoms with E-state index in [0.29, 0.717) is 42.4 Å². The average Bonchev–Trinajstić information content (AvgIpc) is 2.67. The Labute approximate surface area is 166 Å². The van der Waals surface area contributed by atoms with E-state index in [2.05, 4.69) is 10.6 Å². The van der Waals surface area contributed by atoms with Gasteiger partial charge >= 0.3 is 12.0 Å². The number of esters is 1. The molecule has 1 aromatic rings. The molecule has 1 heterocycles. The molecule has 0 spiro atoms. The molecule has 7 nitrogen and oxygen atoms in total. The number of hydrogen-bond acceptors (Lipinski definition) is 5. The van der Waals surface area contributed by atoms with E-state index in [1.165, 1.54) is 0 Å². The molecule has 0 fully saturated rings. The number of rotatable bonds is 10. The van der Waals surface area contributed by atoms with E-state index in [0.717, 1.165) is 18.4 Å². The van der Waals surface area contributed by atoms with E-state index >= 15 is 0 Å². The van der Waals surface area contributed by atoms with E-state index in [9.17, 15) is 9.59 Å². The van der Waals surface area contributed by atoms with Crippen molar-refractivity contribution in [3.05, 3.63) is 35.0 Å². The predicted molar refractivity (Wildman–Crippen MR) is 106 cm³/mol. The van der Waals surface area contributed by atoms with E-state index < -0.39 is 12.0 Å². The van der Waals surface area contributed by atoms with Crippen molar-refractivity contribution in [3.63, 3.8) is 0 Å². The predicted octanol–water partition coefficient (Wildman–Crippen LogP) is 3.85. The summed E-state index contributed by atoms with van der Waals surface area (Å²) in [5.74, 6) is 0.789. The van der Waals surface area contributed by atoms with Gasteiger partial charge < -0.3 is 24.8 Å². The van der Waals surface area contributed by atoms with Crippen LogP contribution in [0.1, 0.15) is 58.6 Å². The summed E-state index contributed by atoms with van der Waals surface area (Å²) in [6, 6.07) is 4.51. The van der Waals surface area contributed by atoms with Crippen LogP contribution in [0.5, 0.6) is 11.5 Å². The molecular formula is C21H30N2O5. The highest BCUT2D eigenvalue weighted by Crippen LogP contribution is 2.35. The topological polar surface area (TPSA) is 85.9 Å². The SMILES string of the molecule is CCCOc1ccc(C2NC(=O)NC(CCC)=C2C(=O)OCC)cc1OCC. The molecule has 7 heteroatoms. The lowest BCUT2D eigenvalue weighted by Crippen LogP contribution is -2.46. The number of urea groups is 1. The normalized spacial score (nSPS) is 16.3. The second-order valence-electron chi connectivity index (χ2n) is 6.38. The number of carbonyl (C=O) groups is 2. The largest absolute Gasteiger partial charge is 0.490 e. The van der Waals surface area contributed by atoms with Gasteiger partial charge in [0.25, 0.3) is 0 Å². The molecule has 0 aromatic heterocycles. The third kappa shape index (κ3) is 5.18. The van der Waals surface area contributed by atoms with Crippen LogP contribution in [0.4, 0.5) is 4.79 Å². The first-order chi connectivity index (χ1) is 13.5. The highest BCUT2D eigenvalue weighted by molar-refractivity contribution is 5.95. The van der Waals surface area contributed by atoms with Gasteiger partial charge in [0.05, 0.1) is 31.4 Å². The van der Waals surface area contributed by atoms with Crippen molar-refractivity contribution >= 4 is 12.0 Å². The minimum absolute atomic E-state index is 0.260. The highest BCUT2D eigenvalue weighted by atomic mass is 16.5. The zero-order valence-electron chi connectivity index (χ0n) is 17.1. The minimum Gasteiger partial charge on any atom is -0.490 e. The number of amides is 2. The molecular weight excluding hydrogens is 360 g/mol. The molecule has 0 aliphatic carbocycles. The smallest absolute Gasteiger partial charge is 0.338 e. The fourth-order valence-corrected chi connectivity index (χ4v) is 3.07. The maximum atomic E-state index is 12.7. The number of ether oxygens (including phenoxy) is 3. The van der Waals surface area contributed by atoms with Crippen LogP contribution in [0, 0.1) is 0 Å². The van der Waals surface area contributed by atoms with Gasteiger partial charge in [-0.25, -0.2) is 9.59 Å². The highest BCUT2D eigenvalue weighted by Gasteiger charge is 2.33. The van der Waals surface area contributed by atoms with Gasteiger partial charge in [-0.15, -0.1) is 0 Å². The lowest BCUT2D eigenvalue weighted by molar-refractivity contribution is -0.139. The van der Waals surface area contributed by atoms with Gasteiger partial charge in [0.2, 0.25) is 0 Å². The fraction of sp³-hybridized carbons (Fsp3) is 0.524. The number of carbonyl (C=O) groups excluding carboxylic acids is 2. The van der Waals surface area contributed by atoms with Crippen molar-refractivity contribution in [2.24, 2.45) is 0 Å². The lowest BCUT2D eigenvalue weighted by Gasteiger charge is -2.29. The average molecular weight is 390 g/mol. The van der Waals surface area contributed by atoms with Crippen LogP contribution in [0.25, 0.3) is 0 Å². The molecule has 1 aliphatic rings. The van der Waals surface area contributed by atoms with Gasteiger partial charge in [0.15, 0.2) is 11.5 Å². The van der Waals surface area contributed by atoms with Crippen LogP contribution < -0.4 is 20.1 Å². The van der Waals surface area contributed by atoms with Crippen molar-refractivity contribution in [2.75, 3.05) is 19.8 Å². The Bertz CT molecular complexity index is 730. The molecule has 1 atom stereocenters. The molecule has 0 bridgehead atoms. The van der Waals surface area contributed by atoms with Crippen molar-refractivity contribution in [1.82, 2.24) is 10.6 Å². The molecule has 0 saturated heterocycles. The Morgan fingerprint density at radius 2 is 1.82 bits per heavy atom. The van der Waals surface area contributed by atoms with E-state index in [4.69, 9.17) is 14.2 Å². The third-order valence-corrected chi connectivity index (χ3v) is 4.21. The monoisotopic (exact) mass is 390 g/mol. The second kappa shape index (κ2) is 10.6. The molecule has 2 rings (SSSR count). The van der Waals surface area contributed by atoms with Crippen molar-refractivity contribution < 1.29 is 23.8 Å². The van der Waals surface area contributed by atoms with E-state index in [1.54, 1.807) is 6.92 Å². The molecule has 2 N–H and O–H groups in total. The number of allylic oxidation sites excluding steroid dienone is 1. The van der Waals surface area contributed by atoms with Crippen molar-refractivity contribution in [2.45, 2.75) is 53.0 Å². The summed E-state index contributed by atoms with van der Waals surface area (Å²) in [4.78, 5) is 24.9. The summed E-state index contributed by atoms with van der Waals surface area (Å²) >= 11 is 0. The van der Waals surface area contributed by atoms with Crippen LogP contribution >= 0.6 is 0 Å². The maximum Gasteiger partial charge on any atom is 0.338 e. The molecule has 154 valence electrons. The van der Waals surface area contributed by atoms with Crippen LogP contribution in [0.2, 0.25) is 0 Å². The summed E-state index contributed by atoms with van der Waals surface area (Å²) in [6.07, 6.45) is 2.25. The fourth-order valence-electron chi connectivity index (χ4n) is 3.07. The maximum absolute atomic E-state index is 12.7.